The normalized spacial score (nSPS) is 17.1. The fourth-order valence-corrected chi connectivity index (χ4v) is 3.30. The van der Waals surface area contributed by atoms with E-state index in [1.165, 1.54) is 11.3 Å². The number of hydrogen-bond donors (Lipinski definition) is 1. The fourth-order valence-electron chi connectivity index (χ4n) is 3.30. The van der Waals surface area contributed by atoms with E-state index in [0.717, 1.165) is 24.8 Å². The Labute approximate surface area is 137 Å². The molecule has 0 bridgehead atoms. The Balaban J connectivity index is 1.97. The van der Waals surface area contributed by atoms with Gasteiger partial charge in [0.25, 0.3) is 5.91 Å². The van der Waals surface area contributed by atoms with Gasteiger partial charge >= 0.3 is 0 Å². The van der Waals surface area contributed by atoms with Gasteiger partial charge in [0.1, 0.15) is 0 Å². The van der Waals surface area contributed by atoms with Crippen molar-refractivity contribution in [3.05, 3.63) is 52.8 Å². The number of nitrogens with one attached hydrogen (secondary N) is 1. The molecule has 1 heterocycles. The maximum absolute atomic E-state index is 12.2. The molecule has 2 aromatic rings. The van der Waals surface area contributed by atoms with Gasteiger partial charge in [0, 0.05) is 24.3 Å². The van der Waals surface area contributed by atoms with Gasteiger partial charge in [-0.25, -0.2) is 0 Å². The van der Waals surface area contributed by atoms with Crippen molar-refractivity contribution in [2.75, 3.05) is 21.1 Å². The minimum absolute atomic E-state index is 0.0903. The monoisotopic (exact) mass is 312 g/mol. The lowest BCUT2D eigenvalue weighted by molar-refractivity contribution is 0.0956. The third-order valence-corrected chi connectivity index (χ3v) is 4.67. The van der Waals surface area contributed by atoms with Crippen LogP contribution in [0.25, 0.3) is 0 Å². The number of fused-ring (bicyclic) bond motifs is 1. The molecule has 1 aliphatic carbocycles. The van der Waals surface area contributed by atoms with Gasteiger partial charge in [0.05, 0.1) is 6.54 Å². The molecule has 122 valence electrons. The molecule has 0 radical (unpaired) electrons. The van der Waals surface area contributed by atoms with Gasteiger partial charge in [0.2, 0.25) is 0 Å². The summed E-state index contributed by atoms with van der Waals surface area (Å²) in [6.07, 6.45) is 2.96. The molecule has 5 nitrogen and oxygen atoms in total. The van der Waals surface area contributed by atoms with E-state index in [1.54, 1.807) is 7.05 Å². The number of hydrogen-bond acceptors (Lipinski definition) is 3. The third kappa shape index (κ3) is 3.15. The predicted octanol–water partition coefficient (Wildman–Crippen LogP) is 1.71. The second-order valence-corrected chi connectivity index (χ2v) is 6.36. The summed E-state index contributed by atoms with van der Waals surface area (Å²) >= 11 is 0. The minimum atomic E-state index is -0.0903. The molecule has 0 spiro atoms. The second-order valence-electron chi connectivity index (χ2n) is 6.36. The van der Waals surface area contributed by atoms with E-state index in [1.807, 2.05) is 22.9 Å². The predicted molar refractivity (Wildman–Crippen MR) is 90.7 cm³/mol. The van der Waals surface area contributed by atoms with E-state index in [-0.39, 0.29) is 5.91 Å². The number of benzene rings is 1. The largest absolute Gasteiger partial charge is 0.354 e. The zero-order valence-electron chi connectivity index (χ0n) is 14.0. The van der Waals surface area contributed by atoms with Gasteiger partial charge in [-0.3, -0.25) is 9.48 Å². The van der Waals surface area contributed by atoms with Crippen LogP contribution in [0.3, 0.4) is 0 Å². The van der Waals surface area contributed by atoms with Crippen LogP contribution in [0.15, 0.2) is 30.3 Å². The molecule has 0 saturated carbocycles. The lowest BCUT2D eigenvalue weighted by Crippen LogP contribution is -2.34. The summed E-state index contributed by atoms with van der Waals surface area (Å²) in [4.78, 5) is 14.5. The molecule has 0 fully saturated rings. The molecule has 1 aliphatic rings. The number of carbonyl (C=O) groups excluding carboxylic acids is 1. The first-order valence-corrected chi connectivity index (χ1v) is 8.11. The lowest BCUT2D eigenvalue weighted by atomic mass is 9.90. The lowest BCUT2D eigenvalue weighted by Gasteiger charge is -2.28. The standard InChI is InChI=1S/C18H24N4O/c1-19-18(23)17-15-11-14(21(2)3)9-10-16(15)22(20-17)12-13-7-5-4-6-8-13/h4-8,14H,9-12H2,1-3H3,(H,19,23). The van der Waals surface area contributed by atoms with Crippen LogP contribution in [-0.4, -0.2) is 47.8 Å². The molecule has 23 heavy (non-hydrogen) atoms. The van der Waals surface area contributed by atoms with Crippen LogP contribution in [0.1, 0.15) is 33.7 Å². The highest BCUT2D eigenvalue weighted by atomic mass is 16.1. The van der Waals surface area contributed by atoms with Crippen molar-refractivity contribution < 1.29 is 4.79 Å². The maximum atomic E-state index is 12.2. The fraction of sp³-hybridized carbons (Fsp3) is 0.444. The Morgan fingerprint density at radius 1 is 1.35 bits per heavy atom. The van der Waals surface area contributed by atoms with Crippen LogP contribution in [0.4, 0.5) is 0 Å². The molecule has 0 saturated heterocycles. The zero-order chi connectivity index (χ0) is 16.4. The van der Waals surface area contributed by atoms with Crippen LogP contribution in [-0.2, 0) is 19.4 Å². The molecule has 1 amide bonds. The van der Waals surface area contributed by atoms with Crippen molar-refractivity contribution >= 4 is 5.91 Å². The number of likely N-dealkylation sites (N-methyl/N-ethyl adjacent to an activating group) is 1. The maximum Gasteiger partial charge on any atom is 0.271 e. The smallest absolute Gasteiger partial charge is 0.271 e. The van der Waals surface area contributed by atoms with E-state index >= 15 is 0 Å². The first-order chi connectivity index (χ1) is 11.1. The molecule has 1 aromatic heterocycles. The van der Waals surface area contributed by atoms with Crippen LogP contribution in [0.5, 0.6) is 0 Å². The van der Waals surface area contributed by atoms with Crippen LogP contribution >= 0.6 is 0 Å². The van der Waals surface area contributed by atoms with Gasteiger partial charge in [-0.05, 0) is 38.9 Å². The average Bonchev–Trinajstić information content (AvgIpc) is 2.93. The van der Waals surface area contributed by atoms with Crippen molar-refractivity contribution in [3.8, 4) is 0 Å². The van der Waals surface area contributed by atoms with Crippen molar-refractivity contribution in [3.63, 3.8) is 0 Å². The summed E-state index contributed by atoms with van der Waals surface area (Å²) in [5, 5.41) is 7.36. The van der Waals surface area contributed by atoms with E-state index in [2.05, 4.69) is 41.5 Å². The minimum Gasteiger partial charge on any atom is -0.354 e. The van der Waals surface area contributed by atoms with Crippen LogP contribution in [0.2, 0.25) is 0 Å². The highest BCUT2D eigenvalue weighted by molar-refractivity contribution is 5.93. The highest BCUT2D eigenvalue weighted by Gasteiger charge is 2.29. The summed E-state index contributed by atoms with van der Waals surface area (Å²) in [5.41, 5.74) is 4.12. The number of amides is 1. The first-order valence-electron chi connectivity index (χ1n) is 8.11. The van der Waals surface area contributed by atoms with E-state index in [4.69, 9.17) is 0 Å². The van der Waals surface area contributed by atoms with Gasteiger partial charge in [-0.15, -0.1) is 0 Å². The Morgan fingerprint density at radius 3 is 2.74 bits per heavy atom. The Bertz CT molecular complexity index is 691. The van der Waals surface area contributed by atoms with Crippen LogP contribution < -0.4 is 5.32 Å². The van der Waals surface area contributed by atoms with Crippen molar-refractivity contribution in [1.29, 1.82) is 0 Å². The number of rotatable bonds is 4. The van der Waals surface area contributed by atoms with Gasteiger partial charge in [-0.2, -0.15) is 5.10 Å². The zero-order valence-corrected chi connectivity index (χ0v) is 14.0. The molecule has 1 unspecified atom stereocenters. The number of aromatic nitrogens is 2. The molecule has 1 N–H and O–H groups in total. The summed E-state index contributed by atoms with van der Waals surface area (Å²) in [6, 6.07) is 10.7. The van der Waals surface area contributed by atoms with E-state index in [0.29, 0.717) is 18.3 Å². The van der Waals surface area contributed by atoms with Crippen LogP contribution in [0, 0.1) is 0 Å². The molecule has 5 heteroatoms. The summed E-state index contributed by atoms with van der Waals surface area (Å²) in [6.45, 7) is 0.715. The summed E-state index contributed by atoms with van der Waals surface area (Å²) in [5.74, 6) is -0.0903. The Kier molecular flexibility index (Phi) is 4.48. The molecular weight excluding hydrogens is 288 g/mol. The van der Waals surface area contributed by atoms with E-state index in [9.17, 15) is 4.79 Å². The summed E-state index contributed by atoms with van der Waals surface area (Å²) in [7, 11) is 5.87. The van der Waals surface area contributed by atoms with Gasteiger partial charge in [-0.1, -0.05) is 30.3 Å². The molecule has 3 rings (SSSR count). The molecule has 1 atom stereocenters. The Hall–Kier alpha value is -2.14. The molecular formula is C18H24N4O. The third-order valence-electron chi connectivity index (χ3n) is 4.67. The highest BCUT2D eigenvalue weighted by Crippen LogP contribution is 2.27. The van der Waals surface area contributed by atoms with Gasteiger partial charge in [0.15, 0.2) is 5.69 Å². The quantitative estimate of drug-likeness (QED) is 0.935. The number of nitrogens with zero attached hydrogens (tertiary/aromatic N) is 3. The molecule has 1 aromatic carbocycles. The van der Waals surface area contributed by atoms with Crippen molar-refractivity contribution in [2.24, 2.45) is 0 Å². The molecule has 0 aliphatic heterocycles. The van der Waals surface area contributed by atoms with Crippen molar-refractivity contribution in [2.45, 2.75) is 31.8 Å². The Morgan fingerprint density at radius 2 is 2.09 bits per heavy atom. The number of carbonyl (C=O) groups is 1. The summed E-state index contributed by atoms with van der Waals surface area (Å²) < 4.78 is 2.02. The average molecular weight is 312 g/mol. The first kappa shape index (κ1) is 15.7. The van der Waals surface area contributed by atoms with Crippen molar-refractivity contribution in [1.82, 2.24) is 20.0 Å². The van der Waals surface area contributed by atoms with Gasteiger partial charge < -0.3 is 10.2 Å². The topological polar surface area (TPSA) is 50.2 Å². The second kappa shape index (κ2) is 6.54. The SMILES string of the molecule is CNC(=O)c1nn(Cc2ccccc2)c2c1CC(N(C)C)CC2. The van der Waals surface area contributed by atoms with E-state index < -0.39 is 0 Å².